The highest BCUT2D eigenvalue weighted by Gasteiger charge is 2.34. The van der Waals surface area contributed by atoms with Crippen molar-refractivity contribution in [2.45, 2.75) is 38.2 Å². The third-order valence-corrected chi connectivity index (χ3v) is 6.61. The van der Waals surface area contributed by atoms with Crippen LogP contribution in [0.15, 0.2) is 41.3 Å². The molecule has 0 saturated heterocycles. The number of ether oxygens (including phenoxy) is 1. The summed E-state index contributed by atoms with van der Waals surface area (Å²) in [5.41, 5.74) is 1.14. The van der Waals surface area contributed by atoms with E-state index in [-0.39, 0.29) is 5.75 Å². The van der Waals surface area contributed by atoms with Gasteiger partial charge in [-0.25, -0.2) is 13.2 Å². The standard InChI is InChI=1S/C22H21ClO5S/c1-22(2,3)20(21(24)25)28-18-9-8-17(23)13-16(18)7-5-14-4-6-15-10-11-29(26,27)19(15)12-14/h4,6,8-9,12-13,20H,10-11H2,1-3H3,(H,24,25). The molecule has 1 N–H and O–H groups in total. The molecule has 0 amide bonds. The predicted molar refractivity (Wildman–Crippen MR) is 111 cm³/mol. The Morgan fingerprint density at radius 2 is 1.90 bits per heavy atom. The zero-order chi connectivity index (χ0) is 21.4. The lowest BCUT2D eigenvalue weighted by molar-refractivity contribution is -0.150. The van der Waals surface area contributed by atoms with Gasteiger partial charge >= 0.3 is 5.97 Å². The van der Waals surface area contributed by atoms with Crippen LogP contribution in [-0.2, 0) is 21.1 Å². The zero-order valence-corrected chi connectivity index (χ0v) is 17.9. The maximum Gasteiger partial charge on any atom is 0.345 e. The van der Waals surface area contributed by atoms with E-state index in [9.17, 15) is 18.3 Å². The molecule has 0 aliphatic carbocycles. The molecule has 152 valence electrons. The summed E-state index contributed by atoms with van der Waals surface area (Å²) in [5, 5.41) is 9.95. The number of carboxylic acid groups (broad SMARTS) is 1. The Morgan fingerprint density at radius 3 is 2.55 bits per heavy atom. The number of benzene rings is 2. The number of halogens is 1. The Kier molecular flexibility index (Phi) is 5.66. The van der Waals surface area contributed by atoms with Crippen LogP contribution < -0.4 is 4.74 Å². The lowest BCUT2D eigenvalue weighted by Crippen LogP contribution is -2.39. The summed E-state index contributed by atoms with van der Waals surface area (Å²) in [5.74, 6) is 5.22. The van der Waals surface area contributed by atoms with Gasteiger partial charge in [0.15, 0.2) is 15.9 Å². The fourth-order valence-electron chi connectivity index (χ4n) is 3.05. The molecular formula is C22H21ClO5S. The predicted octanol–water partition coefficient (Wildman–Crippen LogP) is 3.95. The molecule has 0 fully saturated rings. The van der Waals surface area contributed by atoms with Crippen molar-refractivity contribution < 1.29 is 23.1 Å². The van der Waals surface area contributed by atoms with E-state index in [2.05, 4.69) is 11.8 Å². The van der Waals surface area contributed by atoms with E-state index >= 15 is 0 Å². The molecule has 1 atom stereocenters. The van der Waals surface area contributed by atoms with E-state index in [1.54, 1.807) is 57.2 Å². The van der Waals surface area contributed by atoms with Crippen LogP contribution in [0.25, 0.3) is 0 Å². The Bertz CT molecular complexity index is 1130. The molecule has 7 heteroatoms. The smallest absolute Gasteiger partial charge is 0.345 e. The largest absolute Gasteiger partial charge is 0.478 e. The number of fused-ring (bicyclic) bond motifs is 1. The lowest BCUT2D eigenvalue weighted by atomic mass is 9.89. The lowest BCUT2D eigenvalue weighted by Gasteiger charge is -2.28. The van der Waals surface area contributed by atoms with Gasteiger partial charge in [-0.15, -0.1) is 0 Å². The number of rotatable bonds is 3. The maximum atomic E-state index is 12.1. The highest BCUT2D eigenvalue weighted by molar-refractivity contribution is 7.91. The van der Waals surface area contributed by atoms with Crippen molar-refractivity contribution in [3.05, 3.63) is 58.1 Å². The molecule has 0 radical (unpaired) electrons. The first-order chi connectivity index (χ1) is 13.5. The first kappa shape index (κ1) is 21.2. The highest BCUT2D eigenvalue weighted by Crippen LogP contribution is 2.30. The first-order valence-corrected chi connectivity index (χ1v) is 11.1. The van der Waals surface area contributed by atoms with Gasteiger partial charge in [0.1, 0.15) is 5.75 Å². The molecule has 5 nitrogen and oxygen atoms in total. The SMILES string of the molecule is CC(C)(C)C(Oc1ccc(Cl)cc1C#Cc1ccc2c(c1)S(=O)(=O)CC2)C(=O)O. The molecule has 1 heterocycles. The molecule has 1 unspecified atom stereocenters. The average Bonchev–Trinajstić information content (AvgIpc) is 2.92. The van der Waals surface area contributed by atoms with E-state index in [0.29, 0.717) is 33.2 Å². The van der Waals surface area contributed by atoms with Crippen LogP contribution >= 0.6 is 11.6 Å². The monoisotopic (exact) mass is 432 g/mol. The van der Waals surface area contributed by atoms with Crippen LogP contribution in [0.4, 0.5) is 0 Å². The van der Waals surface area contributed by atoms with Crippen LogP contribution in [0.5, 0.6) is 5.75 Å². The fraction of sp³-hybridized carbons (Fsp3) is 0.318. The second-order valence-electron chi connectivity index (χ2n) is 7.98. The topological polar surface area (TPSA) is 80.7 Å². The maximum absolute atomic E-state index is 12.1. The number of hydrogen-bond donors (Lipinski definition) is 1. The molecule has 0 bridgehead atoms. The van der Waals surface area contributed by atoms with E-state index in [0.717, 1.165) is 5.56 Å². The number of sulfone groups is 1. The number of aryl methyl sites for hydroxylation is 1. The molecule has 0 aromatic heterocycles. The summed E-state index contributed by atoms with van der Waals surface area (Å²) in [4.78, 5) is 12.0. The summed E-state index contributed by atoms with van der Waals surface area (Å²) in [6, 6.07) is 9.90. The summed E-state index contributed by atoms with van der Waals surface area (Å²) in [6.45, 7) is 5.33. The molecule has 3 rings (SSSR count). The minimum absolute atomic E-state index is 0.120. The van der Waals surface area contributed by atoms with E-state index in [4.69, 9.17) is 16.3 Å². The normalized spacial score (nSPS) is 15.7. The van der Waals surface area contributed by atoms with Gasteiger partial charge < -0.3 is 9.84 Å². The minimum atomic E-state index is -3.25. The van der Waals surface area contributed by atoms with E-state index in [1.165, 1.54) is 0 Å². The van der Waals surface area contributed by atoms with Crippen molar-refractivity contribution in [2.24, 2.45) is 5.41 Å². The second-order valence-corrected chi connectivity index (χ2v) is 10.5. The summed E-state index contributed by atoms with van der Waals surface area (Å²) in [6.07, 6.45) is -0.560. The van der Waals surface area contributed by atoms with Gasteiger partial charge in [0.05, 0.1) is 16.2 Å². The molecule has 2 aromatic rings. The van der Waals surface area contributed by atoms with E-state index in [1.807, 2.05) is 0 Å². The Balaban J connectivity index is 1.98. The van der Waals surface area contributed by atoms with Crippen LogP contribution in [-0.4, -0.2) is 31.4 Å². The number of carbonyl (C=O) groups is 1. The Morgan fingerprint density at radius 1 is 1.17 bits per heavy atom. The van der Waals surface area contributed by atoms with Gasteiger partial charge in [-0.3, -0.25) is 0 Å². The quantitative estimate of drug-likeness (QED) is 0.743. The third kappa shape index (κ3) is 4.75. The number of aliphatic carboxylic acids is 1. The zero-order valence-electron chi connectivity index (χ0n) is 16.3. The summed E-state index contributed by atoms with van der Waals surface area (Å²) < 4.78 is 30.0. The first-order valence-electron chi connectivity index (χ1n) is 9.04. The summed E-state index contributed by atoms with van der Waals surface area (Å²) >= 11 is 6.08. The van der Waals surface area contributed by atoms with Gasteiger partial charge in [0, 0.05) is 16.0 Å². The van der Waals surface area contributed by atoms with Gasteiger partial charge in [0.2, 0.25) is 0 Å². The number of hydrogen-bond acceptors (Lipinski definition) is 4. The van der Waals surface area contributed by atoms with Crippen molar-refractivity contribution >= 4 is 27.4 Å². The molecule has 1 aliphatic heterocycles. The van der Waals surface area contributed by atoms with Crippen molar-refractivity contribution in [3.63, 3.8) is 0 Å². The second kappa shape index (κ2) is 7.74. The third-order valence-electron chi connectivity index (χ3n) is 4.58. The molecule has 0 saturated carbocycles. The molecule has 0 spiro atoms. The van der Waals surface area contributed by atoms with Gasteiger partial charge in [-0.1, -0.05) is 50.3 Å². The average molecular weight is 433 g/mol. The van der Waals surface area contributed by atoms with Crippen molar-refractivity contribution in [3.8, 4) is 17.6 Å². The van der Waals surface area contributed by atoms with Crippen LogP contribution in [0.1, 0.15) is 37.5 Å². The Labute approximate surface area is 175 Å². The molecule has 29 heavy (non-hydrogen) atoms. The highest BCUT2D eigenvalue weighted by atomic mass is 35.5. The molecule has 1 aliphatic rings. The molecular weight excluding hydrogens is 412 g/mol. The minimum Gasteiger partial charge on any atom is -0.478 e. The summed E-state index contributed by atoms with van der Waals surface area (Å²) in [7, 11) is -3.25. The van der Waals surface area contributed by atoms with Crippen molar-refractivity contribution in [1.29, 1.82) is 0 Å². The Hall–Kier alpha value is -2.49. The van der Waals surface area contributed by atoms with E-state index < -0.39 is 27.3 Å². The van der Waals surface area contributed by atoms with Gasteiger partial charge in [-0.2, -0.15) is 0 Å². The number of carboxylic acids is 1. The van der Waals surface area contributed by atoms with Gasteiger partial charge in [-0.05, 0) is 42.3 Å². The van der Waals surface area contributed by atoms with Crippen molar-refractivity contribution in [1.82, 2.24) is 0 Å². The van der Waals surface area contributed by atoms with Gasteiger partial charge in [0.25, 0.3) is 0 Å². The van der Waals surface area contributed by atoms with Crippen LogP contribution in [0.2, 0.25) is 5.02 Å². The van der Waals surface area contributed by atoms with Crippen LogP contribution in [0.3, 0.4) is 0 Å². The molecule has 2 aromatic carbocycles. The van der Waals surface area contributed by atoms with Crippen molar-refractivity contribution in [2.75, 3.05) is 5.75 Å². The van der Waals surface area contributed by atoms with Crippen LogP contribution in [0, 0.1) is 17.3 Å². The fourth-order valence-corrected chi connectivity index (χ4v) is 4.81.